The smallest absolute Gasteiger partial charge is 0.303 e. The Bertz CT molecular complexity index is 485. The quantitative estimate of drug-likeness (QED) is 0.665. The number of hydrogen-bond donors (Lipinski definition) is 2. The third-order valence-electron chi connectivity index (χ3n) is 2.82. The first-order chi connectivity index (χ1) is 10.4. The van der Waals surface area contributed by atoms with Gasteiger partial charge in [-0.25, -0.2) is 0 Å². The predicted octanol–water partition coefficient (Wildman–Crippen LogP) is 1.02. The van der Waals surface area contributed by atoms with Gasteiger partial charge in [-0.2, -0.15) is 0 Å². The summed E-state index contributed by atoms with van der Waals surface area (Å²) in [6, 6.07) is 7.39. The summed E-state index contributed by atoms with van der Waals surface area (Å²) in [4.78, 5) is 21.9. The summed E-state index contributed by atoms with van der Waals surface area (Å²) in [5, 5.41) is 3.21. The number of nitrogens with one attached hydrogen (secondary N) is 1. The Kier molecular flexibility index (Phi) is 7.39. The number of amides is 1. The second-order valence-electron chi connectivity index (χ2n) is 5.39. The minimum absolute atomic E-state index is 0.203. The molecule has 1 aromatic carbocycles. The van der Waals surface area contributed by atoms with Crippen LogP contribution in [0.3, 0.4) is 0 Å². The molecule has 0 spiro atoms. The molecule has 1 rings (SSSR count). The van der Waals surface area contributed by atoms with Crippen LogP contribution in [0.2, 0.25) is 0 Å². The van der Waals surface area contributed by atoms with Gasteiger partial charge in [0.25, 0.3) is 0 Å². The molecule has 1 atom stereocenters. The van der Waals surface area contributed by atoms with E-state index in [1.54, 1.807) is 24.3 Å². The Morgan fingerprint density at radius 3 is 2.36 bits per heavy atom. The maximum Gasteiger partial charge on any atom is 0.303 e. The van der Waals surface area contributed by atoms with Crippen LogP contribution in [0, 0.1) is 0 Å². The second kappa shape index (κ2) is 9.04. The van der Waals surface area contributed by atoms with Crippen LogP contribution in [-0.2, 0) is 20.7 Å². The van der Waals surface area contributed by atoms with E-state index in [0.29, 0.717) is 18.3 Å². The SMILES string of the molecule is CC(=O)O[C@H](CNC(C)C)COc1ccc(CC(N)=O)cc1. The van der Waals surface area contributed by atoms with Crippen molar-refractivity contribution in [2.45, 2.75) is 39.3 Å². The lowest BCUT2D eigenvalue weighted by Gasteiger charge is -2.19. The van der Waals surface area contributed by atoms with Gasteiger partial charge in [0.15, 0.2) is 0 Å². The molecule has 122 valence electrons. The summed E-state index contributed by atoms with van der Waals surface area (Å²) in [6.07, 6.45) is -0.153. The molecular formula is C16H24N2O4. The molecule has 1 amide bonds. The van der Waals surface area contributed by atoms with E-state index >= 15 is 0 Å². The Labute approximate surface area is 131 Å². The Morgan fingerprint density at radius 2 is 1.86 bits per heavy atom. The van der Waals surface area contributed by atoms with Gasteiger partial charge >= 0.3 is 5.97 Å². The van der Waals surface area contributed by atoms with Crippen molar-refractivity contribution < 1.29 is 19.1 Å². The fraction of sp³-hybridized carbons (Fsp3) is 0.500. The predicted molar refractivity (Wildman–Crippen MR) is 83.5 cm³/mol. The number of carbonyl (C=O) groups is 2. The van der Waals surface area contributed by atoms with Gasteiger partial charge in [-0.05, 0) is 17.7 Å². The zero-order valence-electron chi connectivity index (χ0n) is 13.3. The van der Waals surface area contributed by atoms with Crippen molar-refractivity contribution in [3.63, 3.8) is 0 Å². The molecule has 0 aromatic heterocycles. The van der Waals surface area contributed by atoms with E-state index in [0.717, 1.165) is 5.56 Å². The highest BCUT2D eigenvalue weighted by molar-refractivity contribution is 5.76. The van der Waals surface area contributed by atoms with Gasteiger partial charge in [0.2, 0.25) is 5.91 Å². The average Bonchev–Trinajstić information content (AvgIpc) is 2.42. The van der Waals surface area contributed by atoms with Crippen LogP contribution in [-0.4, -0.2) is 37.2 Å². The van der Waals surface area contributed by atoms with Crippen LogP contribution < -0.4 is 15.8 Å². The summed E-state index contributed by atoms with van der Waals surface area (Å²) >= 11 is 0. The lowest BCUT2D eigenvalue weighted by Crippen LogP contribution is -2.38. The molecule has 0 fully saturated rings. The van der Waals surface area contributed by atoms with Gasteiger partial charge in [0.05, 0.1) is 6.42 Å². The van der Waals surface area contributed by atoms with Gasteiger partial charge in [0.1, 0.15) is 18.5 Å². The van der Waals surface area contributed by atoms with E-state index in [9.17, 15) is 9.59 Å². The Balaban J connectivity index is 2.52. The monoisotopic (exact) mass is 308 g/mol. The van der Waals surface area contributed by atoms with E-state index in [1.807, 2.05) is 13.8 Å². The Hall–Kier alpha value is -2.08. The number of nitrogens with two attached hydrogens (primary N) is 1. The van der Waals surface area contributed by atoms with Crippen molar-refractivity contribution in [1.82, 2.24) is 5.32 Å². The van der Waals surface area contributed by atoms with Crippen molar-refractivity contribution in [2.24, 2.45) is 5.73 Å². The molecule has 1 aromatic rings. The first kappa shape index (κ1) is 18.0. The summed E-state index contributed by atoms with van der Waals surface area (Å²) in [5.41, 5.74) is 5.97. The van der Waals surface area contributed by atoms with Crippen molar-refractivity contribution in [3.05, 3.63) is 29.8 Å². The van der Waals surface area contributed by atoms with Gasteiger partial charge < -0.3 is 20.5 Å². The lowest BCUT2D eigenvalue weighted by atomic mass is 10.1. The van der Waals surface area contributed by atoms with E-state index in [4.69, 9.17) is 15.2 Å². The van der Waals surface area contributed by atoms with E-state index in [1.165, 1.54) is 6.92 Å². The normalized spacial score (nSPS) is 12.0. The summed E-state index contributed by atoms with van der Waals surface area (Å²) in [5.74, 6) is -0.0609. The summed E-state index contributed by atoms with van der Waals surface area (Å²) in [7, 11) is 0. The topological polar surface area (TPSA) is 90.7 Å². The van der Waals surface area contributed by atoms with Crippen molar-refractivity contribution in [1.29, 1.82) is 0 Å². The van der Waals surface area contributed by atoms with Crippen molar-refractivity contribution in [3.8, 4) is 5.75 Å². The van der Waals surface area contributed by atoms with E-state index in [2.05, 4.69) is 5.32 Å². The van der Waals surface area contributed by atoms with Crippen LogP contribution in [0.5, 0.6) is 5.75 Å². The van der Waals surface area contributed by atoms with Crippen molar-refractivity contribution >= 4 is 11.9 Å². The fourth-order valence-corrected chi connectivity index (χ4v) is 1.83. The largest absolute Gasteiger partial charge is 0.490 e. The van der Waals surface area contributed by atoms with Crippen LogP contribution in [0.15, 0.2) is 24.3 Å². The number of carbonyl (C=O) groups excluding carboxylic acids is 2. The lowest BCUT2D eigenvalue weighted by molar-refractivity contribution is -0.147. The highest BCUT2D eigenvalue weighted by Crippen LogP contribution is 2.13. The third-order valence-corrected chi connectivity index (χ3v) is 2.82. The fourth-order valence-electron chi connectivity index (χ4n) is 1.83. The molecule has 0 heterocycles. The molecule has 0 saturated heterocycles. The van der Waals surface area contributed by atoms with Gasteiger partial charge in [0, 0.05) is 19.5 Å². The highest BCUT2D eigenvalue weighted by Gasteiger charge is 2.13. The molecular weight excluding hydrogens is 284 g/mol. The van der Waals surface area contributed by atoms with Crippen LogP contribution in [0.25, 0.3) is 0 Å². The average molecular weight is 308 g/mol. The Morgan fingerprint density at radius 1 is 1.23 bits per heavy atom. The summed E-state index contributed by atoms with van der Waals surface area (Å²) < 4.78 is 10.8. The molecule has 0 radical (unpaired) electrons. The second-order valence-corrected chi connectivity index (χ2v) is 5.39. The number of rotatable bonds is 9. The maximum atomic E-state index is 11.1. The maximum absolute atomic E-state index is 11.1. The van der Waals surface area contributed by atoms with Crippen LogP contribution in [0.1, 0.15) is 26.3 Å². The van der Waals surface area contributed by atoms with Gasteiger partial charge in [-0.15, -0.1) is 0 Å². The summed E-state index contributed by atoms with van der Waals surface area (Å²) in [6.45, 7) is 6.19. The standard InChI is InChI=1S/C16H24N2O4/c1-11(2)18-9-15(22-12(3)19)10-21-14-6-4-13(5-7-14)8-16(17)20/h4-7,11,15,18H,8-10H2,1-3H3,(H2,17,20)/t15-/m1/s1. The van der Waals surface area contributed by atoms with Gasteiger partial charge in [-0.3, -0.25) is 9.59 Å². The minimum Gasteiger partial charge on any atom is -0.490 e. The molecule has 0 saturated carbocycles. The molecule has 0 aliphatic rings. The molecule has 0 bridgehead atoms. The minimum atomic E-state index is -0.372. The van der Waals surface area contributed by atoms with E-state index in [-0.39, 0.29) is 31.0 Å². The number of primary amides is 1. The molecule has 0 aliphatic carbocycles. The van der Waals surface area contributed by atoms with Crippen LogP contribution in [0.4, 0.5) is 0 Å². The molecule has 0 unspecified atom stereocenters. The first-order valence-corrected chi connectivity index (χ1v) is 7.27. The zero-order valence-corrected chi connectivity index (χ0v) is 13.3. The van der Waals surface area contributed by atoms with Crippen molar-refractivity contribution in [2.75, 3.05) is 13.2 Å². The number of benzene rings is 1. The molecule has 0 aliphatic heterocycles. The molecule has 6 heteroatoms. The zero-order chi connectivity index (χ0) is 16.5. The van der Waals surface area contributed by atoms with Crippen LogP contribution >= 0.6 is 0 Å². The highest BCUT2D eigenvalue weighted by atomic mass is 16.6. The molecule has 3 N–H and O–H groups in total. The first-order valence-electron chi connectivity index (χ1n) is 7.27. The number of hydrogen-bond acceptors (Lipinski definition) is 5. The number of esters is 1. The molecule has 22 heavy (non-hydrogen) atoms. The third kappa shape index (κ3) is 7.64. The van der Waals surface area contributed by atoms with E-state index < -0.39 is 0 Å². The van der Waals surface area contributed by atoms with Gasteiger partial charge in [-0.1, -0.05) is 26.0 Å². The molecule has 6 nitrogen and oxygen atoms in total. The number of ether oxygens (including phenoxy) is 2.